The van der Waals surface area contributed by atoms with E-state index in [0.717, 1.165) is 12.1 Å². The fraction of sp³-hybridized carbons (Fsp3) is 0.389. The van der Waals surface area contributed by atoms with E-state index in [1.807, 2.05) is 12.1 Å². The Hall–Kier alpha value is -2.63. The van der Waals surface area contributed by atoms with Gasteiger partial charge in [-0.1, -0.05) is 26.0 Å². The van der Waals surface area contributed by atoms with Crippen molar-refractivity contribution < 1.29 is 9.53 Å². The van der Waals surface area contributed by atoms with Crippen molar-refractivity contribution in [3.8, 4) is 6.01 Å². The molecule has 3 rings (SSSR count). The maximum absolute atomic E-state index is 12.8. The zero-order valence-corrected chi connectivity index (χ0v) is 14.2. The summed E-state index contributed by atoms with van der Waals surface area (Å²) < 4.78 is 5.03. The first kappa shape index (κ1) is 16.2. The average molecular weight is 326 g/mol. The largest absolute Gasteiger partial charge is 0.467 e. The van der Waals surface area contributed by atoms with Gasteiger partial charge in [0.15, 0.2) is 0 Å². The number of nitrogen functional groups attached to an aromatic ring is 1. The molecule has 1 aliphatic rings. The number of nitrogens with zero attached hydrogens (tertiary/aromatic N) is 3. The summed E-state index contributed by atoms with van der Waals surface area (Å²) in [6.45, 7) is 4.95. The predicted molar refractivity (Wildman–Crippen MR) is 93.4 cm³/mol. The molecule has 0 spiro atoms. The van der Waals surface area contributed by atoms with Crippen LogP contribution in [-0.4, -0.2) is 29.5 Å². The summed E-state index contributed by atoms with van der Waals surface area (Å²) >= 11 is 0. The molecule has 6 heteroatoms. The molecule has 1 aromatic carbocycles. The molecule has 1 aliphatic heterocycles. The Morgan fingerprint density at radius 3 is 2.58 bits per heavy atom. The van der Waals surface area contributed by atoms with E-state index in [2.05, 4.69) is 35.9 Å². The minimum atomic E-state index is -0.159. The molecule has 2 heterocycles. The lowest BCUT2D eigenvalue weighted by Gasteiger charge is -2.28. The minimum Gasteiger partial charge on any atom is -0.467 e. The molecule has 0 atom stereocenters. The van der Waals surface area contributed by atoms with E-state index in [1.54, 1.807) is 4.90 Å². The van der Waals surface area contributed by atoms with Crippen LogP contribution in [0.1, 0.15) is 35.5 Å². The lowest BCUT2D eigenvalue weighted by Crippen LogP contribution is -2.39. The van der Waals surface area contributed by atoms with Gasteiger partial charge in [0.05, 0.1) is 12.8 Å². The van der Waals surface area contributed by atoms with Gasteiger partial charge in [-0.2, -0.15) is 9.97 Å². The summed E-state index contributed by atoms with van der Waals surface area (Å²) in [5, 5.41) is 0. The van der Waals surface area contributed by atoms with Crippen molar-refractivity contribution in [2.24, 2.45) is 5.92 Å². The summed E-state index contributed by atoms with van der Waals surface area (Å²) in [4.78, 5) is 22.8. The van der Waals surface area contributed by atoms with Gasteiger partial charge in [-0.25, -0.2) is 0 Å². The van der Waals surface area contributed by atoms with E-state index in [9.17, 15) is 4.79 Å². The van der Waals surface area contributed by atoms with E-state index in [4.69, 9.17) is 10.5 Å². The SMILES string of the molecule is COc1nc(N)c2c(n1)CCN(c1ccc(CC(C)C)cc1)C2=O. The Morgan fingerprint density at radius 1 is 1.25 bits per heavy atom. The van der Waals surface area contributed by atoms with Crippen molar-refractivity contribution in [1.82, 2.24) is 9.97 Å². The molecule has 0 aliphatic carbocycles. The van der Waals surface area contributed by atoms with Gasteiger partial charge in [-0.15, -0.1) is 0 Å². The van der Waals surface area contributed by atoms with Gasteiger partial charge >= 0.3 is 6.01 Å². The van der Waals surface area contributed by atoms with Crippen LogP contribution < -0.4 is 15.4 Å². The monoisotopic (exact) mass is 326 g/mol. The predicted octanol–water partition coefficient (Wildman–Crippen LogP) is 2.47. The van der Waals surface area contributed by atoms with Gasteiger partial charge in [-0.05, 0) is 30.0 Å². The van der Waals surface area contributed by atoms with Crippen LogP contribution in [0.3, 0.4) is 0 Å². The number of benzene rings is 1. The number of amides is 1. The van der Waals surface area contributed by atoms with Gasteiger partial charge < -0.3 is 15.4 Å². The number of ether oxygens (including phenoxy) is 1. The number of anilines is 2. The summed E-state index contributed by atoms with van der Waals surface area (Å²) in [5.74, 6) is 0.613. The molecule has 0 unspecified atom stereocenters. The highest BCUT2D eigenvalue weighted by atomic mass is 16.5. The van der Waals surface area contributed by atoms with Crippen molar-refractivity contribution in [3.63, 3.8) is 0 Å². The van der Waals surface area contributed by atoms with Crippen molar-refractivity contribution in [2.45, 2.75) is 26.7 Å². The second kappa shape index (κ2) is 6.47. The van der Waals surface area contributed by atoms with Crippen LogP contribution in [0.2, 0.25) is 0 Å². The number of nitrogens with two attached hydrogens (primary N) is 1. The summed E-state index contributed by atoms with van der Waals surface area (Å²) in [7, 11) is 1.48. The van der Waals surface area contributed by atoms with Crippen LogP contribution in [-0.2, 0) is 12.8 Å². The summed E-state index contributed by atoms with van der Waals surface area (Å²) in [6.07, 6.45) is 1.65. The number of carbonyl (C=O) groups is 1. The van der Waals surface area contributed by atoms with Crippen molar-refractivity contribution in [1.29, 1.82) is 0 Å². The smallest absolute Gasteiger partial charge is 0.318 e. The first-order valence-electron chi connectivity index (χ1n) is 8.10. The lowest BCUT2D eigenvalue weighted by atomic mass is 10.0. The molecule has 2 N–H and O–H groups in total. The summed E-state index contributed by atoms with van der Waals surface area (Å²) in [6, 6.07) is 8.32. The molecular formula is C18H22N4O2. The van der Waals surface area contributed by atoms with Crippen LogP contribution in [0, 0.1) is 5.92 Å². The van der Waals surface area contributed by atoms with Crippen molar-refractivity contribution >= 4 is 17.4 Å². The Kier molecular flexibility index (Phi) is 4.38. The highest BCUT2D eigenvalue weighted by Crippen LogP contribution is 2.28. The molecule has 0 bridgehead atoms. The van der Waals surface area contributed by atoms with E-state index >= 15 is 0 Å². The highest BCUT2D eigenvalue weighted by Gasteiger charge is 2.30. The molecule has 1 aromatic heterocycles. The normalized spacial score (nSPS) is 14.0. The second-order valence-electron chi connectivity index (χ2n) is 6.39. The first-order valence-corrected chi connectivity index (χ1v) is 8.10. The Bertz CT molecular complexity index is 756. The standard InChI is InChI=1S/C18H22N4O2/c1-11(2)10-12-4-6-13(7-5-12)22-9-8-14-15(17(22)23)16(19)21-18(20-14)24-3/h4-7,11H,8-10H2,1-3H3,(H2,19,20,21). The average Bonchev–Trinajstić information content (AvgIpc) is 2.55. The maximum Gasteiger partial charge on any atom is 0.318 e. The molecule has 1 amide bonds. The molecule has 0 saturated heterocycles. The van der Waals surface area contributed by atoms with Gasteiger partial charge in [0.2, 0.25) is 0 Å². The lowest BCUT2D eigenvalue weighted by molar-refractivity contribution is 0.0980. The van der Waals surface area contributed by atoms with E-state index in [-0.39, 0.29) is 17.7 Å². The number of fused-ring (bicyclic) bond motifs is 1. The van der Waals surface area contributed by atoms with Crippen LogP contribution in [0.25, 0.3) is 0 Å². The third-order valence-electron chi connectivity index (χ3n) is 4.10. The number of hydrogen-bond donors (Lipinski definition) is 1. The van der Waals surface area contributed by atoms with Crippen LogP contribution in [0.4, 0.5) is 11.5 Å². The molecule has 0 fully saturated rings. The molecule has 24 heavy (non-hydrogen) atoms. The Labute approximate surface area is 141 Å². The highest BCUT2D eigenvalue weighted by molar-refractivity contribution is 6.10. The third kappa shape index (κ3) is 3.04. The number of aromatic nitrogens is 2. The van der Waals surface area contributed by atoms with E-state index in [1.165, 1.54) is 12.7 Å². The van der Waals surface area contributed by atoms with Crippen LogP contribution in [0.5, 0.6) is 6.01 Å². The maximum atomic E-state index is 12.8. The Morgan fingerprint density at radius 2 is 1.96 bits per heavy atom. The fourth-order valence-electron chi connectivity index (χ4n) is 2.99. The number of rotatable bonds is 4. The van der Waals surface area contributed by atoms with Gasteiger partial charge in [0.1, 0.15) is 11.4 Å². The minimum absolute atomic E-state index is 0.159. The van der Waals surface area contributed by atoms with Gasteiger partial charge in [0.25, 0.3) is 5.91 Å². The second-order valence-corrected chi connectivity index (χ2v) is 6.39. The number of hydrogen-bond acceptors (Lipinski definition) is 5. The number of carbonyl (C=O) groups excluding carboxylic acids is 1. The molecule has 0 radical (unpaired) electrons. The quantitative estimate of drug-likeness (QED) is 0.933. The van der Waals surface area contributed by atoms with Crippen molar-refractivity contribution in [2.75, 3.05) is 24.3 Å². The van der Waals surface area contributed by atoms with Crippen LogP contribution in [0.15, 0.2) is 24.3 Å². The fourth-order valence-corrected chi connectivity index (χ4v) is 2.99. The van der Waals surface area contributed by atoms with E-state index in [0.29, 0.717) is 30.1 Å². The molecule has 6 nitrogen and oxygen atoms in total. The van der Waals surface area contributed by atoms with Gasteiger partial charge in [-0.3, -0.25) is 4.79 Å². The Balaban J connectivity index is 1.88. The molecule has 126 valence electrons. The zero-order chi connectivity index (χ0) is 17.3. The molecule has 2 aromatic rings. The van der Waals surface area contributed by atoms with Crippen LogP contribution >= 0.6 is 0 Å². The zero-order valence-electron chi connectivity index (χ0n) is 14.2. The molecular weight excluding hydrogens is 304 g/mol. The van der Waals surface area contributed by atoms with Gasteiger partial charge in [0, 0.05) is 18.7 Å². The van der Waals surface area contributed by atoms with E-state index < -0.39 is 0 Å². The molecule has 0 saturated carbocycles. The third-order valence-corrected chi connectivity index (χ3v) is 4.10. The summed E-state index contributed by atoms with van der Waals surface area (Å²) in [5.41, 5.74) is 9.12. The first-order chi connectivity index (χ1) is 11.5. The topological polar surface area (TPSA) is 81.3 Å². The number of methoxy groups -OCH3 is 1. The van der Waals surface area contributed by atoms with Crippen molar-refractivity contribution in [3.05, 3.63) is 41.1 Å².